The number of fused-ring (bicyclic) bond motifs is 3. The van der Waals surface area contributed by atoms with Gasteiger partial charge in [0, 0.05) is 28.6 Å². The summed E-state index contributed by atoms with van der Waals surface area (Å²) in [6, 6.07) is 2.92. The molecule has 0 radical (unpaired) electrons. The zero-order valence-electron chi connectivity index (χ0n) is 17.1. The van der Waals surface area contributed by atoms with Gasteiger partial charge < -0.3 is 9.67 Å². The predicted molar refractivity (Wildman–Crippen MR) is 118 cm³/mol. The molecule has 0 amide bonds. The Balaban J connectivity index is 2.31. The average Bonchev–Trinajstić information content (AvgIpc) is 3.02. The van der Waals surface area contributed by atoms with E-state index in [2.05, 4.69) is 6.58 Å². The first-order valence-electron chi connectivity index (χ1n) is 10.0. The van der Waals surface area contributed by atoms with Crippen LogP contribution in [0.5, 0.6) is 0 Å². The highest BCUT2D eigenvalue weighted by molar-refractivity contribution is 6.31. The van der Waals surface area contributed by atoms with Gasteiger partial charge in [-0.25, -0.2) is 4.39 Å². The Morgan fingerprint density at radius 2 is 2.13 bits per heavy atom. The first-order valence-corrected chi connectivity index (χ1v) is 10.4. The van der Waals surface area contributed by atoms with E-state index in [0.29, 0.717) is 40.2 Å². The Morgan fingerprint density at radius 3 is 2.77 bits per heavy atom. The van der Waals surface area contributed by atoms with Gasteiger partial charge in [0.2, 0.25) is 0 Å². The lowest BCUT2D eigenvalue weighted by molar-refractivity contribution is -0.137. The largest absolute Gasteiger partial charge is 0.481 e. The Morgan fingerprint density at radius 1 is 1.40 bits per heavy atom. The molecule has 0 saturated heterocycles. The molecule has 30 heavy (non-hydrogen) atoms. The van der Waals surface area contributed by atoms with Gasteiger partial charge in [0.05, 0.1) is 17.5 Å². The monoisotopic (exact) mass is 429 g/mol. The van der Waals surface area contributed by atoms with Gasteiger partial charge in [0.1, 0.15) is 5.82 Å². The molecule has 0 saturated carbocycles. The van der Waals surface area contributed by atoms with Crippen molar-refractivity contribution in [1.82, 2.24) is 4.57 Å². The van der Waals surface area contributed by atoms with Gasteiger partial charge in [-0.2, -0.15) is 0 Å². The highest BCUT2D eigenvalue weighted by Gasteiger charge is 2.32. The van der Waals surface area contributed by atoms with Crippen LogP contribution >= 0.6 is 11.6 Å². The summed E-state index contributed by atoms with van der Waals surface area (Å²) in [6.45, 7) is 8.11. The van der Waals surface area contributed by atoms with Crippen molar-refractivity contribution >= 4 is 34.3 Å². The van der Waals surface area contributed by atoms with Crippen LogP contribution in [0.4, 0.5) is 4.39 Å². The number of nitrogens with zero attached hydrogens (tertiary/aromatic N) is 1. The smallest absolute Gasteiger partial charge is 0.304 e. The van der Waals surface area contributed by atoms with E-state index in [4.69, 9.17) is 11.6 Å². The highest BCUT2D eigenvalue weighted by atomic mass is 35.5. The number of hydrogen-bond acceptors (Lipinski definition) is 2. The number of carbonyl (C=O) groups is 2. The van der Waals surface area contributed by atoms with Gasteiger partial charge in [-0.15, -0.1) is 0 Å². The van der Waals surface area contributed by atoms with Crippen molar-refractivity contribution in [2.24, 2.45) is 0 Å². The molecule has 1 aliphatic rings. The number of benzene rings is 1. The number of hydrogen-bond donors (Lipinski definition) is 1. The number of rotatable bonds is 7. The van der Waals surface area contributed by atoms with Gasteiger partial charge in [0.15, 0.2) is 5.78 Å². The number of aliphatic carboxylic acids is 1. The molecule has 1 aromatic carbocycles. The maximum atomic E-state index is 14.4. The number of allylic oxidation sites excluding steroid dienone is 5. The first-order chi connectivity index (χ1) is 14.2. The molecule has 158 valence electrons. The van der Waals surface area contributed by atoms with Gasteiger partial charge in [-0.1, -0.05) is 44.2 Å². The van der Waals surface area contributed by atoms with Gasteiger partial charge in [-0.3, -0.25) is 9.59 Å². The molecule has 1 unspecified atom stereocenters. The third-order valence-corrected chi connectivity index (χ3v) is 5.79. The molecule has 2 aromatic rings. The Kier molecular flexibility index (Phi) is 6.61. The van der Waals surface area contributed by atoms with E-state index in [-0.39, 0.29) is 29.9 Å². The molecule has 6 heteroatoms. The summed E-state index contributed by atoms with van der Waals surface area (Å²) < 4.78 is 16.4. The third kappa shape index (κ3) is 4.26. The van der Waals surface area contributed by atoms with Crippen LogP contribution in [0.2, 0.25) is 0 Å². The van der Waals surface area contributed by atoms with Crippen LogP contribution in [0.1, 0.15) is 66.6 Å². The van der Waals surface area contributed by atoms with Crippen LogP contribution in [0.3, 0.4) is 0 Å². The minimum atomic E-state index is -0.913. The van der Waals surface area contributed by atoms with Crippen molar-refractivity contribution in [2.75, 3.05) is 0 Å². The maximum Gasteiger partial charge on any atom is 0.304 e. The molecule has 0 aliphatic carbocycles. The SMILES string of the molecule is C=C/C(Cl)=C\C=C\C(=O)c1c2n(c3cc(F)cc(C(C)C)c13)CCCC2CC(=O)O. The molecule has 1 N–H and O–H groups in total. The fraction of sp³-hybridized carbons (Fsp3) is 0.333. The number of carboxylic acid groups (broad SMARTS) is 1. The number of ketones is 1. The summed E-state index contributed by atoms with van der Waals surface area (Å²) in [5.74, 6) is -1.82. The minimum Gasteiger partial charge on any atom is -0.481 e. The average molecular weight is 430 g/mol. The second-order valence-electron chi connectivity index (χ2n) is 7.87. The topological polar surface area (TPSA) is 59.3 Å². The van der Waals surface area contributed by atoms with Crippen molar-refractivity contribution in [3.05, 3.63) is 70.7 Å². The molecule has 1 aliphatic heterocycles. The fourth-order valence-electron chi connectivity index (χ4n) is 4.28. The van der Waals surface area contributed by atoms with E-state index in [1.807, 2.05) is 18.4 Å². The summed E-state index contributed by atoms with van der Waals surface area (Å²) in [6.07, 6.45) is 7.39. The molecular weight excluding hydrogens is 405 g/mol. The van der Waals surface area contributed by atoms with Crippen molar-refractivity contribution < 1.29 is 19.1 Å². The lowest BCUT2D eigenvalue weighted by Gasteiger charge is -2.25. The van der Waals surface area contributed by atoms with Gasteiger partial charge in [-0.05, 0) is 48.6 Å². The maximum absolute atomic E-state index is 14.4. The third-order valence-electron chi connectivity index (χ3n) is 5.51. The second kappa shape index (κ2) is 9.00. The molecule has 1 aromatic heterocycles. The molecule has 4 nitrogen and oxygen atoms in total. The molecule has 1 atom stereocenters. The Hall–Kier alpha value is -2.66. The zero-order valence-corrected chi connectivity index (χ0v) is 17.9. The van der Waals surface area contributed by atoms with Crippen LogP contribution in [-0.4, -0.2) is 21.4 Å². The van der Waals surface area contributed by atoms with E-state index < -0.39 is 5.97 Å². The van der Waals surface area contributed by atoms with E-state index in [0.717, 1.165) is 12.0 Å². The standard InChI is InChI=1S/C24H25ClFNO3/c1-4-16(25)8-5-9-20(28)23-22-18(14(2)3)12-17(26)13-19(22)27-10-6-7-15(24(23)27)11-21(29)30/h4-5,8-9,12-15H,1,6-7,10-11H2,2-3H3,(H,29,30)/b9-5+,16-8+. The van der Waals surface area contributed by atoms with Crippen LogP contribution in [0.15, 0.2) is 48.0 Å². The van der Waals surface area contributed by atoms with Crippen LogP contribution in [0.25, 0.3) is 10.9 Å². The van der Waals surface area contributed by atoms with Crippen molar-refractivity contribution in [3.8, 4) is 0 Å². The van der Waals surface area contributed by atoms with Crippen LogP contribution < -0.4 is 0 Å². The van der Waals surface area contributed by atoms with Crippen molar-refractivity contribution in [1.29, 1.82) is 0 Å². The molecular formula is C24H25ClFNO3. The normalized spacial score (nSPS) is 17.0. The Bertz CT molecular complexity index is 1080. The second-order valence-corrected chi connectivity index (χ2v) is 8.31. The first kappa shape index (κ1) is 22.0. The molecule has 0 fully saturated rings. The van der Waals surface area contributed by atoms with Gasteiger partial charge in [0.25, 0.3) is 0 Å². The molecule has 3 rings (SSSR count). The van der Waals surface area contributed by atoms with Crippen molar-refractivity contribution in [2.45, 2.75) is 51.5 Å². The summed E-state index contributed by atoms with van der Waals surface area (Å²) in [5.41, 5.74) is 2.57. The van der Waals surface area contributed by atoms with E-state index in [1.165, 1.54) is 24.3 Å². The molecule has 0 spiro atoms. The fourth-order valence-corrected chi connectivity index (χ4v) is 4.35. The number of aryl methyl sites for hydroxylation is 1. The predicted octanol–water partition coefficient (Wildman–Crippen LogP) is 6.30. The summed E-state index contributed by atoms with van der Waals surface area (Å²) in [4.78, 5) is 24.8. The number of carbonyl (C=O) groups excluding carboxylic acids is 1. The zero-order chi connectivity index (χ0) is 22.0. The minimum absolute atomic E-state index is 0.00351. The number of carboxylic acids is 1. The number of aromatic nitrogens is 1. The van der Waals surface area contributed by atoms with Crippen LogP contribution in [0, 0.1) is 5.82 Å². The lowest BCUT2D eigenvalue weighted by atomic mass is 9.87. The molecule has 2 heterocycles. The van der Waals surface area contributed by atoms with Gasteiger partial charge >= 0.3 is 5.97 Å². The van der Waals surface area contributed by atoms with Crippen molar-refractivity contribution in [3.63, 3.8) is 0 Å². The summed E-state index contributed by atoms with van der Waals surface area (Å²) in [7, 11) is 0. The summed E-state index contributed by atoms with van der Waals surface area (Å²) >= 11 is 5.92. The quantitative estimate of drug-likeness (QED) is 0.319. The summed E-state index contributed by atoms with van der Waals surface area (Å²) in [5, 5.41) is 10.5. The lowest BCUT2D eigenvalue weighted by Crippen LogP contribution is -2.20. The Labute approximate surface area is 180 Å². The van der Waals surface area contributed by atoms with E-state index in [1.54, 1.807) is 12.2 Å². The highest BCUT2D eigenvalue weighted by Crippen LogP contribution is 2.42. The van der Waals surface area contributed by atoms with Crippen LogP contribution in [-0.2, 0) is 11.3 Å². The molecule has 0 bridgehead atoms. The van der Waals surface area contributed by atoms with E-state index in [9.17, 15) is 19.1 Å². The number of halogens is 2. The van der Waals surface area contributed by atoms with E-state index >= 15 is 0 Å².